The van der Waals surface area contributed by atoms with Crippen LogP contribution in [0.2, 0.25) is 5.02 Å². The van der Waals surface area contributed by atoms with Gasteiger partial charge in [-0.05, 0) is 49.6 Å². The summed E-state index contributed by atoms with van der Waals surface area (Å²) in [6.07, 6.45) is -3.76. The smallest absolute Gasteiger partial charge is 0.417 e. The minimum absolute atomic E-state index is 0.0661. The Hall–Kier alpha value is -3.08. The highest BCUT2D eigenvalue weighted by Gasteiger charge is 2.43. The van der Waals surface area contributed by atoms with Crippen molar-refractivity contribution >= 4 is 29.4 Å². The number of rotatable bonds is 5. The van der Waals surface area contributed by atoms with E-state index in [0.717, 1.165) is 12.3 Å². The quantitative estimate of drug-likeness (QED) is 0.532. The third kappa shape index (κ3) is 5.76. The number of alkyl halides is 3. The Morgan fingerprint density at radius 1 is 1.16 bits per heavy atom. The van der Waals surface area contributed by atoms with Crippen LogP contribution in [0.3, 0.4) is 0 Å². The van der Waals surface area contributed by atoms with Gasteiger partial charge in [0, 0.05) is 50.8 Å². The fraction of sp³-hybridized carbons (Fsp3) is 0.480. The van der Waals surface area contributed by atoms with Gasteiger partial charge in [0.25, 0.3) is 0 Å². The highest BCUT2D eigenvalue weighted by atomic mass is 35.5. The molecular weight excluding hydrogens is 516 g/mol. The molecule has 2 aromatic rings. The van der Waals surface area contributed by atoms with E-state index in [2.05, 4.69) is 4.98 Å². The zero-order chi connectivity index (χ0) is 26.9. The van der Waals surface area contributed by atoms with E-state index in [1.807, 2.05) is 4.90 Å². The van der Waals surface area contributed by atoms with Gasteiger partial charge in [0.05, 0.1) is 16.6 Å². The normalized spacial score (nSPS) is 20.8. The van der Waals surface area contributed by atoms with Crippen molar-refractivity contribution in [1.82, 2.24) is 14.8 Å². The van der Waals surface area contributed by atoms with Gasteiger partial charge in [-0.25, -0.2) is 14.2 Å². The summed E-state index contributed by atoms with van der Waals surface area (Å²) >= 11 is 5.98. The molecule has 2 aliphatic rings. The van der Waals surface area contributed by atoms with Crippen molar-refractivity contribution in [3.8, 4) is 0 Å². The van der Waals surface area contributed by atoms with E-state index in [1.54, 1.807) is 17.9 Å². The van der Waals surface area contributed by atoms with Crippen molar-refractivity contribution < 1.29 is 32.3 Å². The summed E-state index contributed by atoms with van der Waals surface area (Å²) < 4.78 is 52.2. The minimum atomic E-state index is -4.45. The van der Waals surface area contributed by atoms with Crippen molar-refractivity contribution in [2.75, 3.05) is 37.6 Å². The minimum Gasteiger partial charge on any atom is -0.465 e. The number of hydrogen-bond acceptors (Lipinski definition) is 4. The van der Waals surface area contributed by atoms with Gasteiger partial charge in [0.15, 0.2) is 0 Å². The molecule has 1 aromatic carbocycles. The summed E-state index contributed by atoms with van der Waals surface area (Å²) in [5.41, 5.74) is -0.154. The number of nitrogens with zero attached hydrogens (tertiary/aromatic N) is 4. The fourth-order valence-electron chi connectivity index (χ4n) is 5.22. The van der Waals surface area contributed by atoms with Gasteiger partial charge in [-0.2, -0.15) is 13.2 Å². The molecule has 12 heteroatoms. The number of pyridine rings is 1. The lowest BCUT2D eigenvalue weighted by atomic mass is 9.93. The lowest BCUT2D eigenvalue weighted by Crippen LogP contribution is -2.45. The predicted octanol–water partition coefficient (Wildman–Crippen LogP) is 5.10. The molecule has 2 aliphatic heterocycles. The van der Waals surface area contributed by atoms with Crippen LogP contribution in [0.5, 0.6) is 0 Å². The van der Waals surface area contributed by atoms with Crippen molar-refractivity contribution in [1.29, 1.82) is 0 Å². The summed E-state index contributed by atoms with van der Waals surface area (Å²) in [6.45, 7) is 3.35. The average Bonchev–Trinajstić information content (AvgIpc) is 3.30. The predicted molar refractivity (Wildman–Crippen MR) is 129 cm³/mol. The van der Waals surface area contributed by atoms with Crippen molar-refractivity contribution in [3.63, 3.8) is 0 Å². The second-order valence-electron chi connectivity index (χ2n) is 9.32. The number of benzene rings is 1. The number of amides is 2. The Labute approximate surface area is 216 Å². The van der Waals surface area contributed by atoms with Gasteiger partial charge in [-0.3, -0.25) is 4.79 Å². The van der Waals surface area contributed by atoms with Crippen molar-refractivity contribution in [2.45, 2.75) is 37.9 Å². The fourth-order valence-corrected chi connectivity index (χ4v) is 5.41. The standard InChI is InChI=1S/C25H27ClF4N4O3/c1-2-34(24(36)37)21-14-33(13-18(21)16-3-5-20(27)19(26)11-16)23(35)15-7-9-32(10-8-15)22-6-4-17(12-31-22)25(28,29)30/h3-6,11-12,15,18,21H,2,7-10,13-14H2,1H3,(H,36,37)/t18-,21+/m0/s1. The Bertz CT molecular complexity index is 1140. The third-order valence-corrected chi connectivity index (χ3v) is 7.49. The zero-order valence-electron chi connectivity index (χ0n) is 20.1. The molecular formula is C25H27ClF4N4O3. The lowest BCUT2D eigenvalue weighted by Gasteiger charge is -2.34. The molecule has 37 heavy (non-hydrogen) atoms. The van der Waals surface area contributed by atoms with Crippen LogP contribution in [0.4, 0.5) is 28.2 Å². The van der Waals surface area contributed by atoms with Gasteiger partial charge in [-0.1, -0.05) is 17.7 Å². The van der Waals surface area contributed by atoms with Crippen LogP contribution in [0.15, 0.2) is 36.5 Å². The number of carbonyl (C=O) groups is 2. The molecule has 0 spiro atoms. The summed E-state index contributed by atoms with van der Waals surface area (Å²) in [5, 5.41) is 9.67. The largest absolute Gasteiger partial charge is 0.465 e. The maximum absolute atomic E-state index is 13.8. The zero-order valence-corrected chi connectivity index (χ0v) is 20.8. The molecule has 200 valence electrons. The molecule has 2 fully saturated rings. The SMILES string of the molecule is CCN(C(=O)O)[C@@H]1CN(C(=O)C2CCN(c3ccc(C(F)(F)F)cn3)CC2)C[C@H]1c1ccc(F)c(Cl)c1. The first-order chi connectivity index (χ1) is 17.5. The Balaban J connectivity index is 1.45. The molecule has 0 aliphatic carbocycles. The van der Waals surface area contributed by atoms with Gasteiger partial charge in [-0.15, -0.1) is 0 Å². The second kappa shape index (κ2) is 10.7. The molecule has 0 radical (unpaired) electrons. The summed E-state index contributed by atoms with van der Waals surface area (Å²) in [7, 11) is 0. The number of carboxylic acid groups (broad SMARTS) is 1. The molecule has 4 rings (SSSR count). The van der Waals surface area contributed by atoms with Gasteiger partial charge in [0.1, 0.15) is 11.6 Å². The number of likely N-dealkylation sites (N-methyl/N-ethyl adjacent to an activating group) is 1. The van der Waals surface area contributed by atoms with Crippen LogP contribution in [0.1, 0.15) is 36.8 Å². The molecule has 2 atom stereocenters. The van der Waals surface area contributed by atoms with Crippen molar-refractivity contribution in [2.24, 2.45) is 5.92 Å². The van der Waals surface area contributed by atoms with Crippen LogP contribution in [-0.2, 0) is 11.0 Å². The number of anilines is 1. The van der Waals surface area contributed by atoms with E-state index in [0.29, 0.717) is 37.3 Å². The summed E-state index contributed by atoms with van der Waals surface area (Å²) in [4.78, 5) is 34.1. The number of carbonyl (C=O) groups excluding carboxylic acids is 1. The molecule has 2 amide bonds. The van der Waals surface area contributed by atoms with Crippen molar-refractivity contribution in [3.05, 3.63) is 58.5 Å². The molecule has 2 saturated heterocycles. The first kappa shape index (κ1) is 27.0. The molecule has 0 bridgehead atoms. The monoisotopic (exact) mass is 542 g/mol. The molecule has 0 unspecified atom stereocenters. The highest BCUT2D eigenvalue weighted by molar-refractivity contribution is 6.30. The first-order valence-corrected chi connectivity index (χ1v) is 12.4. The number of aromatic nitrogens is 1. The van der Waals surface area contributed by atoms with Crippen LogP contribution in [-0.4, -0.2) is 70.7 Å². The summed E-state index contributed by atoms with van der Waals surface area (Å²) in [5.74, 6) is -0.917. The van der Waals surface area contributed by atoms with Gasteiger partial charge < -0.3 is 19.8 Å². The molecule has 7 nitrogen and oxygen atoms in total. The number of halogens is 5. The Kier molecular flexibility index (Phi) is 7.82. The Morgan fingerprint density at radius 3 is 2.41 bits per heavy atom. The third-order valence-electron chi connectivity index (χ3n) is 7.20. The lowest BCUT2D eigenvalue weighted by molar-refractivity contribution is -0.138. The van der Waals surface area contributed by atoms with Crippen LogP contribution >= 0.6 is 11.6 Å². The van der Waals surface area contributed by atoms with E-state index in [-0.39, 0.29) is 42.4 Å². The second-order valence-corrected chi connectivity index (χ2v) is 9.73. The van der Waals surface area contributed by atoms with E-state index in [9.17, 15) is 32.3 Å². The highest BCUT2D eigenvalue weighted by Crippen LogP contribution is 2.35. The number of piperidine rings is 1. The van der Waals surface area contributed by atoms with Crippen LogP contribution < -0.4 is 4.90 Å². The average molecular weight is 543 g/mol. The molecule has 1 N–H and O–H groups in total. The first-order valence-electron chi connectivity index (χ1n) is 12.0. The van der Waals surface area contributed by atoms with E-state index >= 15 is 0 Å². The molecule has 1 aromatic heterocycles. The van der Waals surface area contributed by atoms with Gasteiger partial charge >= 0.3 is 12.3 Å². The number of hydrogen-bond donors (Lipinski definition) is 1. The van der Waals surface area contributed by atoms with Crippen LogP contribution in [0, 0.1) is 11.7 Å². The summed E-state index contributed by atoms with van der Waals surface area (Å²) in [6, 6.07) is 6.10. The van der Waals surface area contributed by atoms with E-state index in [1.165, 1.54) is 23.1 Å². The maximum Gasteiger partial charge on any atom is 0.417 e. The Morgan fingerprint density at radius 2 is 1.86 bits per heavy atom. The van der Waals surface area contributed by atoms with Gasteiger partial charge in [0.2, 0.25) is 5.91 Å². The van der Waals surface area contributed by atoms with E-state index in [4.69, 9.17) is 11.6 Å². The van der Waals surface area contributed by atoms with E-state index < -0.39 is 29.7 Å². The maximum atomic E-state index is 13.8. The molecule has 0 saturated carbocycles. The molecule has 3 heterocycles. The topological polar surface area (TPSA) is 77.0 Å². The number of likely N-dealkylation sites (tertiary alicyclic amines) is 1. The van der Waals surface area contributed by atoms with Crippen LogP contribution in [0.25, 0.3) is 0 Å².